The van der Waals surface area contributed by atoms with Crippen molar-refractivity contribution in [1.82, 2.24) is 20.2 Å². The molecule has 0 aliphatic carbocycles. The first-order valence-electron chi connectivity index (χ1n) is 14.9. The molecule has 3 fully saturated rings. The molecule has 248 valence electrons. The predicted octanol–water partition coefficient (Wildman–Crippen LogP) is 6.30. The van der Waals surface area contributed by atoms with Crippen LogP contribution in [-0.4, -0.2) is 71.6 Å². The first-order valence-corrected chi connectivity index (χ1v) is 15.8. The number of alkyl halides is 5. The lowest BCUT2D eigenvalue weighted by atomic mass is 9.92. The molecule has 47 heavy (non-hydrogen) atoms. The van der Waals surface area contributed by atoms with Crippen LogP contribution in [0.25, 0.3) is 32.1 Å². The van der Waals surface area contributed by atoms with Crippen LogP contribution in [0.1, 0.15) is 36.8 Å². The molecule has 16 heteroatoms. The zero-order chi connectivity index (χ0) is 33.2. The van der Waals surface area contributed by atoms with Gasteiger partial charge in [0.05, 0.1) is 32.8 Å². The van der Waals surface area contributed by atoms with E-state index in [9.17, 15) is 31.6 Å². The fraction of sp³-hybridized carbons (Fsp3) is 0.452. The average Bonchev–Trinajstić information content (AvgIpc) is 3.78. The van der Waals surface area contributed by atoms with Crippen LogP contribution in [0.3, 0.4) is 0 Å². The minimum absolute atomic E-state index is 0.0656. The first-order chi connectivity index (χ1) is 22.4. The topological polar surface area (TPSA) is 109 Å². The van der Waals surface area contributed by atoms with Crippen molar-refractivity contribution in [2.45, 2.75) is 55.7 Å². The van der Waals surface area contributed by atoms with Gasteiger partial charge in [0.1, 0.15) is 48.0 Å². The molecule has 0 saturated carbocycles. The van der Waals surface area contributed by atoms with Gasteiger partial charge in [-0.3, -0.25) is 4.90 Å². The van der Waals surface area contributed by atoms with Crippen molar-refractivity contribution >= 4 is 37.3 Å². The van der Waals surface area contributed by atoms with Crippen molar-refractivity contribution in [2.24, 2.45) is 0 Å². The molecular formula is C31H27F7N6O2S. The summed E-state index contributed by atoms with van der Waals surface area (Å²) in [6.07, 6.45) is -5.13. The van der Waals surface area contributed by atoms with Crippen LogP contribution < -0.4 is 20.5 Å². The predicted molar refractivity (Wildman–Crippen MR) is 160 cm³/mol. The summed E-state index contributed by atoms with van der Waals surface area (Å²) < 4.78 is 116. The summed E-state index contributed by atoms with van der Waals surface area (Å²) in [7, 11) is 0. The zero-order valence-electron chi connectivity index (χ0n) is 24.6. The standard InChI is InChI=1S/C31H27F7N6O2S/c32-10-20-21(4-6-41-20)46-28-16-8-18(31(36,37)38)23(15-2-3-19(34)26-22(15)17(11-39)27(40)47-26)24(35)25(16)42-29(43-28)45-13-30-5-1-7-44(30)12-14(33)9-30/h2-3,8,14,20-21,41H,1,4-7,9-10,12-13,40H2. The Balaban J connectivity index is 1.44. The Morgan fingerprint density at radius 2 is 2.04 bits per heavy atom. The number of nitrogen functional groups attached to an aromatic ring is 1. The number of fused-ring (bicyclic) bond motifs is 3. The maximum atomic E-state index is 16.8. The van der Waals surface area contributed by atoms with E-state index in [2.05, 4.69) is 15.3 Å². The maximum absolute atomic E-state index is 16.8. The fourth-order valence-electron chi connectivity index (χ4n) is 7.16. The van der Waals surface area contributed by atoms with Crippen LogP contribution in [-0.2, 0) is 6.18 Å². The quantitative estimate of drug-likeness (QED) is 0.219. The third-order valence-electron chi connectivity index (χ3n) is 9.32. The maximum Gasteiger partial charge on any atom is 0.417 e. The zero-order valence-corrected chi connectivity index (χ0v) is 25.4. The normalized spacial score (nSPS) is 24.7. The molecule has 0 radical (unpaired) electrons. The highest BCUT2D eigenvalue weighted by molar-refractivity contribution is 7.23. The Hall–Kier alpha value is -3.94. The minimum atomic E-state index is -5.15. The molecule has 3 aliphatic rings. The van der Waals surface area contributed by atoms with Crippen LogP contribution in [0.4, 0.5) is 35.7 Å². The number of hydrogen-bond donors (Lipinski definition) is 2. The second-order valence-corrected chi connectivity index (χ2v) is 13.1. The lowest BCUT2D eigenvalue weighted by molar-refractivity contribution is -0.137. The first kappa shape index (κ1) is 31.6. The number of aromatic nitrogens is 2. The van der Waals surface area contributed by atoms with Gasteiger partial charge in [-0.25, -0.2) is 17.6 Å². The molecule has 5 heterocycles. The number of nitriles is 1. The molecule has 8 nitrogen and oxygen atoms in total. The van der Waals surface area contributed by atoms with Crippen molar-refractivity contribution < 1.29 is 40.2 Å². The van der Waals surface area contributed by atoms with Gasteiger partial charge < -0.3 is 20.5 Å². The van der Waals surface area contributed by atoms with Gasteiger partial charge in [0.2, 0.25) is 5.88 Å². The molecule has 4 atom stereocenters. The summed E-state index contributed by atoms with van der Waals surface area (Å²) >= 11 is 0.656. The van der Waals surface area contributed by atoms with Gasteiger partial charge in [0, 0.05) is 23.9 Å². The number of thiophene rings is 1. The summed E-state index contributed by atoms with van der Waals surface area (Å²) in [6.45, 7) is 0.365. The molecule has 0 spiro atoms. The van der Waals surface area contributed by atoms with Gasteiger partial charge in [-0.05, 0) is 50.0 Å². The van der Waals surface area contributed by atoms with E-state index in [1.54, 1.807) is 6.07 Å². The molecule has 3 N–H and O–H groups in total. The van der Waals surface area contributed by atoms with Gasteiger partial charge in [-0.2, -0.15) is 28.4 Å². The second kappa shape index (κ2) is 11.6. The van der Waals surface area contributed by atoms with Gasteiger partial charge in [-0.15, -0.1) is 11.3 Å². The lowest BCUT2D eigenvalue weighted by Gasteiger charge is -2.30. The van der Waals surface area contributed by atoms with Crippen LogP contribution in [0.5, 0.6) is 11.9 Å². The monoisotopic (exact) mass is 680 g/mol. The van der Waals surface area contributed by atoms with Crippen LogP contribution in [0, 0.1) is 23.0 Å². The lowest BCUT2D eigenvalue weighted by Crippen LogP contribution is -2.43. The number of ether oxygens (including phenoxy) is 2. The second-order valence-electron chi connectivity index (χ2n) is 12.1. The van der Waals surface area contributed by atoms with Crippen molar-refractivity contribution in [1.29, 1.82) is 5.26 Å². The summed E-state index contributed by atoms with van der Waals surface area (Å²) in [5.41, 5.74) is 1.49. The largest absolute Gasteiger partial charge is 0.472 e. The summed E-state index contributed by atoms with van der Waals surface area (Å²) in [4.78, 5) is 10.4. The minimum Gasteiger partial charge on any atom is -0.472 e. The third kappa shape index (κ3) is 5.28. The Morgan fingerprint density at radius 1 is 1.23 bits per heavy atom. The smallest absolute Gasteiger partial charge is 0.417 e. The van der Waals surface area contributed by atoms with Crippen molar-refractivity contribution in [2.75, 3.05) is 38.6 Å². The molecule has 3 saturated heterocycles. The molecular weight excluding hydrogens is 653 g/mol. The highest BCUT2D eigenvalue weighted by Crippen LogP contribution is 2.48. The molecule has 2 aromatic heterocycles. The van der Waals surface area contributed by atoms with Gasteiger partial charge in [0.15, 0.2) is 5.82 Å². The number of nitrogens with two attached hydrogens (primary N) is 1. The van der Waals surface area contributed by atoms with E-state index < -0.39 is 87.8 Å². The fourth-order valence-corrected chi connectivity index (χ4v) is 8.11. The van der Waals surface area contributed by atoms with E-state index in [4.69, 9.17) is 15.2 Å². The molecule has 4 unspecified atom stereocenters. The molecule has 2 aromatic carbocycles. The summed E-state index contributed by atoms with van der Waals surface area (Å²) in [5.74, 6) is -2.75. The number of rotatable bonds is 7. The molecule has 0 bridgehead atoms. The van der Waals surface area contributed by atoms with Crippen LogP contribution in [0.2, 0.25) is 0 Å². The highest BCUT2D eigenvalue weighted by atomic mass is 32.1. The number of anilines is 1. The highest BCUT2D eigenvalue weighted by Gasteiger charge is 2.49. The number of nitrogens with one attached hydrogen (secondary N) is 1. The molecule has 7 rings (SSSR count). The van der Waals surface area contributed by atoms with Gasteiger partial charge >= 0.3 is 12.2 Å². The van der Waals surface area contributed by atoms with E-state index in [0.717, 1.165) is 18.6 Å². The van der Waals surface area contributed by atoms with E-state index >= 15 is 4.39 Å². The van der Waals surface area contributed by atoms with Crippen molar-refractivity contribution in [3.05, 3.63) is 41.0 Å². The average molecular weight is 681 g/mol. The summed E-state index contributed by atoms with van der Waals surface area (Å²) in [5, 5.41) is 11.8. The SMILES string of the molecule is N#Cc1c(N)sc2c(F)ccc(-c3c(C(F)(F)F)cc4c(OC5CCNC5CF)nc(OCC56CCCN5CC(F)C6)nc4c3F)c12. The Labute approximate surface area is 267 Å². The van der Waals surface area contributed by atoms with E-state index in [1.807, 2.05) is 4.90 Å². The molecule has 4 aromatic rings. The van der Waals surface area contributed by atoms with Crippen molar-refractivity contribution in [3.8, 4) is 29.1 Å². The van der Waals surface area contributed by atoms with E-state index in [1.165, 1.54) is 0 Å². The number of halogens is 7. The Bertz CT molecular complexity index is 1930. The van der Waals surface area contributed by atoms with E-state index in [-0.39, 0.29) is 40.2 Å². The third-order valence-corrected chi connectivity index (χ3v) is 10.4. The van der Waals surface area contributed by atoms with Gasteiger partial charge in [-0.1, -0.05) is 6.07 Å². The number of nitrogens with zero attached hydrogens (tertiary/aromatic N) is 4. The molecule has 3 aliphatic heterocycles. The van der Waals surface area contributed by atoms with Gasteiger partial charge in [0.25, 0.3) is 0 Å². The number of hydrogen-bond acceptors (Lipinski definition) is 9. The Morgan fingerprint density at radius 3 is 2.79 bits per heavy atom. The number of benzene rings is 2. The van der Waals surface area contributed by atoms with Crippen LogP contribution >= 0.6 is 11.3 Å². The Kier molecular flexibility index (Phi) is 7.84. The summed E-state index contributed by atoms with van der Waals surface area (Å²) in [6, 6.07) is 3.02. The van der Waals surface area contributed by atoms with Crippen molar-refractivity contribution in [3.63, 3.8) is 0 Å². The van der Waals surface area contributed by atoms with Crippen LogP contribution in [0.15, 0.2) is 18.2 Å². The van der Waals surface area contributed by atoms with E-state index in [0.29, 0.717) is 43.3 Å². The molecule has 0 amide bonds.